The Hall–Kier alpha value is -2.72. The van der Waals surface area contributed by atoms with Crippen LogP contribution in [0.25, 0.3) is 10.3 Å². The standard InChI is InChI=1S/C14H10N2O6S2/c1-16(24(20,21)8-3-2-4-15-7-8)12-6-10-11(23-12)5-9(13(17)18)14(19)22-10/h2-7H,1H3,(H,17,18). The summed E-state index contributed by atoms with van der Waals surface area (Å²) in [5.74, 6) is -1.41. The highest BCUT2D eigenvalue weighted by molar-refractivity contribution is 7.93. The van der Waals surface area contributed by atoms with Crippen molar-refractivity contribution < 1.29 is 22.7 Å². The van der Waals surface area contributed by atoms with Crippen molar-refractivity contribution in [2.75, 3.05) is 11.4 Å². The molecule has 24 heavy (non-hydrogen) atoms. The quantitative estimate of drug-likeness (QED) is 0.747. The van der Waals surface area contributed by atoms with Crippen LogP contribution in [0.15, 0.2) is 50.8 Å². The number of pyridine rings is 1. The molecule has 0 bridgehead atoms. The van der Waals surface area contributed by atoms with E-state index in [0.29, 0.717) is 4.70 Å². The first kappa shape index (κ1) is 16.1. The van der Waals surface area contributed by atoms with Crippen molar-refractivity contribution in [1.29, 1.82) is 0 Å². The number of aromatic nitrogens is 1. The Morgan fingerprint density at radius 3 is 2.75 bits per heavy atom. The molecule has 0 amide bonds. The van der Waals surface area contributed by atoms with E-state index in [-0.39, 0.29) is 15.5 Å². The molecule has 0 aliphatic carbocycles. The van der Waals surface area contributed by atoms with E-state index in [1.54, 1.807) is 0 Å². The molecule has 0 saturated heterocycles. The number of thiophene rings is 1. The maximum Gasteiger partial charge on any atom is 0.351 e. The molecule has 0 atom stereocenters. The Balaban J connectivity index is 2.10. The Morgan fingerprint density at radius 1 is 1.38 bits per heavy atom. The largest absolute Gasteiger partial charge is 0.477 e. The molecule has 0 radical (unpaired) electrons. The third kappa shape index (κ3) is 2.65. The Kier molecular flexibility index (Phi) is 3.85. The summed E-state index contributed by atoms with van der Waals surface area (Å²) in [6.45, 7) is 0. The van der Waals surface area contributed by atoms with Crippen LogP contribution in [0, 0.1) is 0 Å². The van der Waals surface area contributed by atoms with Crippen molar-refractivity contribution in [3.05, 3.63) is 52.6 Å². The second kappa shape index (κ2) is 5.73. The summed E-state index contributed by atoms with van der Waals surface area (Å²) in [6, 6.07) is 5.46. The zero-order chi connectivity index (χ0) is 17.5. The Morgan fingerprint density at radius 2 is 2.12 bits per heavy atom. The highest BCUT2D eigenvalue weighted by Gasteiger charge is 2.24. The second-order valence-corrected chi connectivity index (χ2v) is 7.76. The number of hydrogen-bond donors (Lipinski definition) is 1. The fourth-order valence-electron chi connectivity index (χ4n) is 1.98. The van der Waals surface area contributed by atoms with Crippen LogP contribution in [0.2, 0.25) is 0 Å². The van der Waals surface area contributed by atoms with E-state index in [9.17, 15) is 18.0 Å². The zero-order valence-corrected chi connectivity index (χ0v) is 13.8. The number of carbonyl (C=O) groups is 1. The molecule has 0 unspecified atom stereocenters. The summed E-state index contributed by atoms with van der Waals surface area (Å²) < 4.78 is 31.4. The number of rotatable bonds is 4. The smallest absolute Gasteiger partial charge is 0.351 e. The van der Waals surface area contributed by atoms with Crippen LogP contribution in [0.3, 0.4) is 0 Å². The number of sulfonamides is 1. The Bertz CT molecular complexity index is 1090. The molecule has 3 rings (SSSR count). The third-order valence-electron chi connectivity index (χ3n) is 3.24. The molecule has 10 heteroatoms. The monoisotopic (exact) mass is 366 g/mol. The molecule has 0 aliphatic heterocycles. The third-order valence-corrected chi connectivity index (χ3v) is 6.25. The minimum absolute atomic E-state index is 0.0117. The number of fused-ring (bicyclic) bond motifs is 1. The molecule has 3 heterocycles. The SMILES string of the molecule is CN(c1cc2oc(=O)c(C(=O)O)cc2s1)S(=O)(=O)c1cccnc1. The summed E-state index contributed by atoms with van der Waals surface area (Å²) in [6.07, 6.45) is 2.68. The highest BCUT2D eigenvalue weighted by atomic mass is 32.2. The van der Waals surface area contributed by atoms with Gasteiger partial charge < -0.3 is 9.52 Å². The van der Waals surface area contributed by atoms with Crippen LogP contribution >= 0.6 is 11.3 Å². The summed E-state index contributed by atoms with van der Waals surface area (Å²) in [5.41, 5.74) is -1.37. The van der Waals surface area contributed by atoms with Crippen LogP contribution in [0.4, 0.5) is 5.00 Å². The van der Waals surface area contributed by atoms with Gasteiger partial charge in [0.05, 0.1) is 4.70 Å². The number of carboxylic acid groups (broad SMARTS) is 1. The van der Waals surface area contributed by atoms with Crippen LogP contribution in [-0.4, -0.2) is 31.5 Å². The van der Waals surface area contributed by atoms with Gasteiger partial charge >= 0.3 is 11.6 Å². The van der Waals surface area contributed by atoms with Gasteiger partial charge in [-0.05, 0) is 18.2 Å². The van der Waals surface area contributed by atoms with E-state index in [1.807, 2.05) is 0 Å². The first-order chi connectivity index (χ1) is 11.3. The number of carboxylic acids is 1. The molecule has 0 saturated carbocycles. The lowest BCUT2D eigenvalue weighted by Crippen LogP contribution is -2.25. The van der Waals surface area contributed by atoms with Gasteiger partial charge in [-0.25, -0.2) is 18.0 Å². The topological polar surface area (TPSA) is 118 Å². The molecule has 3 aromatic heterocycles. The molecule has 124 valence electrons. The van der Waals surface area contributed by atoms with Gasteiger partial charge in [-0.3, -0.25) is 9.29 Å². The molecule has 3 aromatic rings. The van der Waals surface area contributed by atoms with Crippen LogP contribution in [0.5, 0.6) is 0 Å². The normalized spacial score (nSPS) is 11.5. The van der Waals surface area contributed by atoms with Gasteiger partial charge in [0.1, 0.15) is 15.5 Å². The summed E-state index contributed by atoms with van der Waals surface area (Å²) in [7, 11) is -2.48. The van der Waals surface area contributed by atoms with E-state index >= 15 is 0 Å². The van der Waals surface area contributed by atoms with E-state index in [0.717, 1.165) is 15.6 Å². The number of hydrogen-bond acceptors (Lipinski definition) is 7. The zero-order valence-electron chi connectivity index (χ0n) is 12.2. The molecule has 0 aromatic carbocycles. The van der Waals surface area contributed by atoms with Gasteiger partial charge in [0.15, 0.2) is 5.58 Å². The molecule has 0 aliphatic rings. The van der Waals surface area contributed by atoms with Gasteiger partial charge in [-0.1, -0.05) is 0 Å². The van der Waals surface area contributed by atoms with Crippen LogP contribution in [0.1, 0.15) is 10.4 Å². The fraction of sp³-hybridized carbons (Fsp3) is 0.0714. The molecule has 0 fully saturated rings. The van der Waals surface area contributed by atoms with E-state index < -0.39 is 27.2 Å². The van der Waals surface area contributed by atoms with Gasteiger partial charge in [0, 0.05) is 25.5 Å². The van der Waals surface area contributed by atoms with Crippen molar-refractivity contribution in [2.24, 2.45) is 0 Å². The van der Waals surface area contributed by atoms with Gasteiger partial charge in [0.2, 0.25) is 0 Å². The average molecular weight is 366 g/mol. The lowest BCUT2D eigenvalue weighted by molar-refractivity contribution is 0.0692. The molecular formula is C14H10N2O6S2. The first-order valence-electron chi connectivity index (χ1n) is 6.50. The minimum atomic E-state index is -3.83. The molecule has 8 nitrogen and oxygen atoms in total. The summed E-state index contributed by atoms with van der Waals surface area (Å²) >= 11 is 0.998. The number of anilines is 1. The average Bonchev–Trinajstić information content (AvgIpc) is 2.96. The van der Waals surface area contributed by atoms with Crippen molar-refractivity contribution in [2.45, 2.75) is 4.90 Å². The molecular weight excluding hydrogens is 356 g/mol. The van der Waals surface area contributed by atoms with E-state index in [1.165, 1.54) is 43.7 Å². The van der Waals surface area contributed by atoms with E-state index in [2.05, 4.69) is 4.98 Å². The predicted molar refractivity (Wildman–Crippen MR) is 87.1 cm³/mol. The van der Waals surface area contributed by atoms with E-state index in [4.69, 9.17) is 9.52 Å². The lowest BCUT2D eigenvalue weighted by Gasteiger charge is -2.16. The Labute approximate surface area is 139 Å². The van der Waals surface area contributed by atoms with Gasteiger partial charge in [-0.15, -0.1) is 11.3 Å². The number of aromatic carboxylic acids is 1. The molecule has 1 N–H and O–H groups in total. The van der Waals surface area contributed by atoms with Gasteiger partial charge in [-0.2, -0.15) is 0 Å². The fourth-order valence-corrected chi connectivity index (χ4v) is 4.34. The van der Waals surface area contributed by atoms with Crippen molar-refractivity contribution in [3.8, 4) is 0 Å². The lowest BCUT2D eigenvalue weighted by atomic mass is 10.3. The minimum Gasteiger partial charge on any atom is -0.477 e. The number of nitrogens with zero attached hydrogens (tertiary/aromatic N) is 2. The summed E-state index contributed by atoms with van der Waals surface area (Å²) in [4.78, 5) is 26.4. The van der Waals surface area contributed by atoms with Crippen molar-refractivity contribution in [3.63, 3.8) is 0 Å². The highest BCUT2D eigenvalue weighted by Crippen LogP contribution is 2.34. The second-order valence-electron chi connectivity index (χ2n) is 4.73. The summed E-state index contributed by atoms with van der Waals surface area (Å²) in [5, 5.41) is 9.23. The maximum atomic E-state index is 12.6. The van der Waals surface area contributed by atoms with Crippen molar-refractivity contribution in [1.82, 2.24) is 4.98 Å². The van der Waals surface area contributed by atoms with Crippen molar-refractivity contribution >= 4 is 42.6 Å². The maximum absolute atomic E-state index is 12.6. The predicted octanol–water partition coefficient (Wildman–Crippen LogP) is 1.77. The van der Waals surface area contributed by atoms with Gasteiger partial charge in [0.25, 0.3) is 10.0 Å². The van der Waals surface area contributed by atoms with Crippen LogP contribution in [-0.2, 0) is 10.0 Å². The first-order valence-corrected chi connectivity index (χ1v) is 8.76. The molecule has 0 spiro atoms. The van der Waals surface area contributed by atoms with Crippen LogP contribution < -0.4 is 9.93 Å².